The first-order valence-corrected chi connectivity index (χ1v) is 8.96. The van der Waals surface area contributed by atoms with E-state index in [2.05, 4.69) is 5.32 Å². The lowest BCUT2D eigenvalue weighted by Gasteiger charge is -2.29. The van der Waals surface area contributed by atoms with Gasteiger partial charge in [-0.05, 0) is 19.3 Å². The standard InChI is InChI=1S/C13H23NO4S/c1-19(16,17)12-4-2-3-10(7-12)13(15)8-11-9-14-5-6-18-11/h10-12,14H,2-9H2,1H3. The third-order valence-electron chi connectivity index (χ3n) is 4.12. The van der Waals surface area contributed by atoms with Gasteiger partial charge in [-0.3, -0.25) is 4.79 Å². The molecule has 0 aromatic carbocycles. The molecule has 0 spiro atoms. The molecule has 6 heteroatoms. The molecule has 0 aromatic heterocycles. The van der Waals surface area contributed by atoms with E-state index < -0.39 is 9.84 Å². The quantitative estimate of drug-likeness (QED) is 0.817. The molecule has 110 valence electrons. The second kappa shape index (κ2) is 6.33. The normalized spacial score (nSPS) is 33.0. The van der Waals surface area contributed by atoms with Crippen molar-refractivity contribution in [2.75, 3.05) is 26.0 Å². The molecule has 2 rings (SSSR count). The van der Waals surface area contributed by atoms with Crippen molar-refractivity contribution >= 4 is 15.6 Å². The highest BCUT2D eigenvalue weighted by Gasteiger charge is 2.33. The van der Waals surface area contributed by atoms with Gasteiger partial charge >= 0.3 is 0 Å². The lowest BCUT2D eigenvalue weighted by molar-refractivity contribution is -0.127. The van der Waals surface area contributed by atoms with E-state index >= 15 is 0 Å². The van der Waals surface area contributed by atoms with Gasteiger partial charge in [-0.2, -0.15) is 0 Å². The number of carbonyl (C=O) groups excluding carboxylic acids is 1. The van der Waals surface area contributed by atoms with E-state index in [0.29, 0.717) is 32.4 Å². The molecule has 1 aliphatic carbocycles. The van der Waals surface area contributed by atoms with Crippen LogP contribution in [0.1, 0.15) is 32.1 Å². The van der Waals surface area contributed by atoms with E-state index in [9.17, 15) is 13.2 Å². The molecule has 3 atom stereocenters. The van der Waals surface area contributed by atoms with Crippen LogP contribution >= 0.6 is 0 Å². The molecule has 1 heterocycles. The van der Waals surface area contributed by atoms with Gasteiger partial charge in [0.05, 0.1) is 18.0 Å². The molecule has 0 amide bonds. The molecular weight excluding hydrogens is 266 g/mol. The topological polar surface area (TPSA) is 72.5 Å². The highest BCUT2D eigenvalue weighted by molar-refractivity contribution is 7.91. The van der Waals surface area contributed by atoms with E-state index in [1.807, 2.05) is 0 Å². The van der Waals surface area contributed by atoms with Gasteiger partial charge in [0.15, 0.2) is 0 Å². The Morgan fingerprint density at radius 3 is 2.79 bits per heavy atom. The second-order valence-electron chi connectivity index (χ2n) is 5.68. The van der Waals surface area contributed by atoms with Crippen molar-refractivity contribution in [2.45, 2.75) is 43.5 Å². The van der Waals surface area contributed by atoms with Crippen LogP contribution in [-0.2, 0) is 19.4 Å². The number of rotatable bonds is 4. The zero-order valence-corrected chi connectivity index (χ0v) is 12.2. The number of morpholine rings is 1. The van der Waals surface area contributed by atoms with Gasteiger partial charge in [0.25, 0.3) is 0 Å². The average molecular weight is 289 g/mol. The van der Waals surface area contributed by atoms with Gasteiger partial charge in [-0.15, -0.1) is 0 Å². The number of nitrogens with one attached hydrogen (secondary N) is 1. The van der Waals surface area contributed by atoms with Crippen LogP contribution in [0.5, 0.6) is 0 Å². The number of Topliss-reactive ketones (excluding diaryl/α,β-unsaturated/α-hetero) is 1. The fourth-order valence-corrected chi connectivity index (χ4v) is 4.14. The molecule has 0 radical (unpaired) electrons. The van der Waals surface area contributed by atoms with E-state index in [4.69, 9.17) is 4.74 Å². The van der Waals surface area contributed by atoms with Crippen molar-refractivity contribution in [2.24, 2.45) is 5.92 Å². The van der Waals surface area contributed by atoms with Crippen LogP contribution in [0.25, 0.3) is 0 Å². The third kappa shape index (κ3) is 4.26. The van der Waals surface area contributed by atoms with Crippen molar-refractivity contribution in [1.82, 2.24) is 5.32 Å². The van der Waals surface area contributed by atoms with E-state index in [1.165, 1.54) is 6.26 Å². The van der Waals surface area contributed by atoms with Gasteiger partial charge in [0.1, 0.15) is 15.6 Å². The molecule has 0 bridgehead atoms. The molecule has 1 saturated carbocycles. The van der Waals surface area contributed by atoms with E-state index in [1.54, 1.807) is 0 Å². The zero-order chi connectivity index (χ0) is 13.9. The molecule has 2 aliphatic rings. The van der Waals surface area contributed by atoms with E-state index in [0.717, 1.165) is 19.4 Å². The van der Waals surface area contributed by atoms with Crippen molar-refractivity contribution in [3.05, 3.63) is 0 Å². The Bertz CT molecular complexity index is 414. The SMILES string of the molecule is CS(=O)(=O)C1CCCC(C(=O)CC2CNCCO2)C1. The second-order valence-corrected chi connectivity index (χ2v) is 8.01. The van der Waals surface area contributed by atoms with Crippen LogP contribution in [0.3, 0.4) is 0 Å². The highest BCUT2D eigenvalue weighted by Crippen LogP contribution is 2.30. The average Bonchev–Trinajstić information content (AvgIpc) is 2.39. The zero-order valence-electron chi connectivity index (χ0n) is 11.4. The van der Waals surface area contributed by atoms with Crippen LogP contribution in [0.15, 0.2) is 0 Å². The number of ketones is 1. The predicted molar refractivity (Wildman–Crippen MR) is 72.8 cm³/mol. The maximum atomic E-state index is 12.2. The van der Waals surface area contributed by atoms with Crippen molar-refractivity contribution in [3.63, 3.8) is 0 Å². The first-order chi connectivity index (χ1) is 8.97. The molecule has 0 aromatic rings. The molecule has 5 nitrogen and oxygen atoms in total. The Morgan fingerprint density at radius 1 is 1.37 bits per heavy atom. The van der Waals surface area contributed by atoms with Gasteiger partial charge in [0, 0.05) is 31.7 Å². The molecular formula is C13H23NO4S. The highest BCUT2D eigenvalue weighted by atomic mass is 32.2. The maximum absolute atomic E-state index is 12.2. The van der Waals surface area contributed by atoms with Gasteiger partial charge in [-0.25, -0.2) is 8.42 Å². The molecule has 2 fully saturated rings. The van der Waals surface area contributed by atoms with Crippen LogP contribution < -0.4 is 5.32 Å². The number of hydrogen-bond donors (Lipinski definition) is 1. The Labute approximate surface area is 115 Å². The Morgan fingerprint density at radius 2 is 2.16 bits per heavy atom. The summed E-state index contributed by atoms with van der Waals surface area (Å²) in [4.78, 5) is 12.2. The minimum atomic E-state index is -3.02. The number of carbonyl (C=O) groups is 1. The maximum Gasteiger partial charge on any atom is 0.150 e. The summed E-state index contributed by atoms with van der Waals surface area (Å²) in [6.07, 6.45) is 4.50. The van der Waals surface area contributed by atoms with Gasteiger partial charge in [-0.1, -0.05) is 6.42 Å². The Balaban J connectivity index is 1.88. The minimum absolute atomic E-state index is 0.0418. The van der Waals surface area contributed by atoms with Crippen molar-refractivity contribution < 1.29 is 17.9 Å². The fraction of sp³-hybridized carbons (Fsp3) is 0.923. The van der Waals surface area contributed by atoms with Gasteiger partial charge in [0.2, 0.25) is 0 Å². The Kier molecular flexibility index (Phi) is 4.97. The Hall–Kier alpha value is -0.460. The van der Waals surface area contributed by atoms with Crippen molar-refractivity contribution in [3.8, 4) is 0 Å². The first kappa shape index (κ1) is 14.9. The van der Waals surface area contributed by atoms with Crippen molar-refractivity contribution in [1.29, 1.82) is 0 Å². The number of ether oxygens (including phenoxy) is 1. The predicted octanol–water partition coefficient (Wildman–Crippen LogP) is 0.537. The molecule has 3 unspecified atom stereocenters. The summed E-state index contributed by atoms with van der Waals surface area (Å²) >= 11 is 0. The van der Waals surface area contributed by atoms with Crippen LogP contribution in [0, 0.1) is 5.92 Å². The largest absolute Gasteiger partial charge is 0.375 e. The fourth-order valence-electron chi connectivity index (χ4n) is 2.97. The molecule has 1 saturated heterocycles. The minimum Gasteiger partial charge on any atom is -0.375 e. The first-order valence-electron chi connectivity index (χ1n) is 7.00. The molecule has 1 aliphatic heterocycles. The lowest BCUT2D eigenvalue weighted by atomic mass is 9.84. The lowest BCUT2D eigenvalue weighted by Crippen LogP contribution is -2.41. The van der Waals surface area contributed by atoms with Gasteiger partial charge < -0.3 is 10.1 Å². The summed E-state index contributed by atoms with van der Waals surface area (Å²) < 4.78 is 28.7. The molecule has 19 heavy (non-hydrogen) atoms. The summed E-state index contributed by atoms with van der Waals surface area (Å²) in [6.45, 7) is 2.20. The summed E-state index contributed by atoms with van der Waals surface area (Å²) in [5.41, 5.74) is 0. The summed E-state index contributed by atoms with van der Waals surface area (Å²) in [6, 6.07) is 0. The smallest absolute Gasteiger partial charge is 0.150 e. The van der Waals surface area contributed by atoms with E-state index in [-0.39, 0.29) is 23.1 Å². The summed E-state index contributed by atoms with van der Waals surface area (Å²) in [7, 11) is -3.02. The van der Waals surface area contributed by atoms with Crippen LogP contribution in [0.4, 0.5) is 0 Å². The van der Waals surface area contributed by atoms with Crippen LogP contribution in [-0.4, -0.2) is 51.5 Å². The molecule has 1 N–H and O–H groups in total. The number of sulfone groups is 1. The summed E-state index contributed by atoms with van der Waals surface area (Å²) in [5, 5.41) is 2.87. The van der Waals surface area contributed by atoms with Crippen LogP contribution in [0.2, 0.25) is 0 Å². The monoisotopic (exact) mass is 289 g/mol. The summed E-state index contributed by atoms with van der Waals surface area (Å²) in [5.74, 6) is 0.0704. The number of hydrogen-bond acceptors (Lipinski definition) is 5. The third-order valence-corrected chi connectivity index (χ3v) is 5.76.